The van der Waals surface area contributed by atoms with Crippen molar-refractivity contribution in [2.24, 2.45) is 5.92 Å². The number of rotatable bonds is 7. The highest BCUT2D eigenvalue weighted by Crippen LogP contribution is 2.32. The van der Waals surface area contributed by atoms with Crippen molar-refractivity contribution in [2.45, 2.75) is 63.6 Å². The van der Waals surface area contributed by atoms with Gasteiger partial charge >= 0.3 is 0 Å². The molecule has 15 nitrogen and oxygen atoms in total. The van der Waals surface area contributed by atoms with Crippen molar-refractivity contribution in [3.8, 4) is 5.75 Å². The van der Waals surface area contributed by atoms with Crippen LogP contribution < -0.4 is 20.7 Å². The molecular formula is C40H45N9O6. The van der Waals surface area contributed by atoms with Crippen molar-refractivity contribution in [1.29, 1.82) is 0 Å². The maximum atomic E-state index is 14.3. The van der Waals surface area contributed by atoms with Gasteiger partial charge in [0.1, 0.15) is 29.4 Å². The third-order valence-electron chi connectivity index (χ3n) is 10.1. The van der Waals surface area contributed by atoms with E-state index >= 15 is 0 Å². The highest BCUT2D eigenvalue weighted by Gasteiger charge is 2.40. The van der Waals surface area contributed by atoms with Crippen LogP contribution >= 0.6 is 0 Å². The number of fused-ring (bicyclic) bond motifs is 4. The van der Waals surface area contributed by atoms with Crippen LogP contribution in [-0.4, -0.2) is 110 Å². The Balaban J connectivity index is 1.22. The van der Waals surface area contributed by atoms with Gasteiger partial charge in [-0.1, -0.05) is 42.5 Å². The molecule has 2 bridgehead atoms. The fourth-order valence-corrected chi connectivity index (χ4v) is 7.30. The number of carbonyl (C=O) groups is 5. The van der Waals surface area contributed by atoms with E-state index in [2.05, 4.69) is 35.9 Å². The molecule has 4 N–H and O–H groups in total. The number of imidazole rings is 1. The van der Waals surface area contributed by atoms with Crippen molar-refractivity contribution in [1.82, 2.24) is 45.7 Å². The number of H-pyrrole nitrogens is 1. The molecule has 2 aromatic heterocycles. The molecule has 5 amide bonds. The largest absolute Gasteiger partial charge is 0.484 e. The Morgan fingerprint density at radius 1 is 0.873 bits per heavy atom. The minimum Gasteiger partial charge on any atom is -0.484 e. The molecule has 4 atom stereocenters. The Bertz CT molecular complexity index is 2020. The van der Waals surface area contributed by atoms with Gasteiger partial charge in [0, 0.05) is 56.0 Å². The van der Waals surface area contributed by atoms with Gasteiger partial charge in [0.25, 0.3) is 11.8 Å². The third-order valence-corrected chi connectivity index (χ3v) is 10.1. The molecular weight excluding hydrogens is 702 g/mol. The Kier molecular flexibility index (Phi) is 11.2. The molecule has 1 saturated heterocycles. The summed E-state index contributed by atoms with van der Waals surface area (Å²) in [5, 5.41) is 8.92. The van der Waals surface area contributed by atoms with E-state index < -0.39 is 41.8 Å². The SMILES string of the molecule is Cc1cc(C(=O)N2C[C@@H]3NC(=O)[C@H](Cc4ccccc4)NC(=O)CN(CC4CC4)C(=O)[C@H](Cc4cnc[nH]4)NC(=O)COc4cccc(c4)[C@H]3C2)nc(C)n1. The zero-order chi connectivity index (χ0) is 38.5. The molecule has 286 valence electrons. The van der Waals surface area contributed by atoms with Crippen LogP contribution in [0.1, 0.15) is 57.6 Å². The van der Waals surface area contributed by atoms with Gasteiger partial charge in [-0.3, -0.25) is 24.0 Å². The Morgan fingerprint density at radius 3 is 2.42 bits per heavy atom. The summed E-state index contributed by atoms with van der Waals surface area (Å²) in [6.07, 6.45) is 5.23. The second-order valence-corrected chi connectivity index (χ2v) is 14.6. The Hall–Kier alpha value is -6.12. The van der Waals surface area contributed by atoms with Crippen molar-refractivity contribution in [3.05, 3.63) is 107 Å². The number of nitrogens with one attached hydrogen (secondary N) is 4. The van der Waals surface area contributed by atoms with Crippen LogP contribution in [-0.2, 0) is 32.0 Å². The van der Waals surface area contributed by atoms with E-state index in [1.165, 1.54) is 11.2 Å². The van der Waals surface area contributed by atoms with Gasteiger partial charge in [0.05, 0.1) is 18.9 Å². The quantitative estimate of drug-likeness (QED) is 0.218. The van der Waals surface area contributed by atoms with Crippen molar-refractivity contribution in [3.63, 3.8) is 0 Å². The average Bonchev–Trinajstić information content (AvgIpc) is 3.64. The van der Waals surface area contributed by atoms with Gasteiger partial charge < -0.3 is 35.5 Å². The Labute approximate surface area is 318 Å². The van der Waals surface area contributed by atoms with Gasteiger partial charge in [0.2, 0.25) is 17.7 Å². The summed E-state index contributed by atoms with van der Waals surface area (Å²) in [5.74, 6) is -1.42. The predicted octanol–water partition coefficient (Wildman–Crippen LogP) is 1.63. The highest BCUT2D eigenvalue weighted by molar-refractivity contribution is 5.94. The molecule has 15 heteroatoms. The second kappa shape index (κ2) is 16.5. The van der Waals surface area contributed by atoms with E-state index in [1.807, 2.05) is 36.4 Å². The molecule has 4 aromatic rings. The maximum absolute atomic E-state index is 14.3. The molecule has 1 saturated carbocycles. The smallest absolute Gasteiger partial charge is 0.272 e. The van der Waals surface area contributed by atoms with Crippen LogP contribution in [0.3, 0.4) is 0 Å². The van der Waals surface area contributed by atoms with Crippen molar-refractivity contribution < 1.29 is 28.7 Å². The number of hydrogen-bond acceptors (Lipinski definition) is 9. The standard InChI is InChI=1S/C40H45N9O6/c1-24-13-33(44-25(2)43-24)39(53)49-19-31-28-9-6-10-30(15-28)55-22-37(51)46-34(16-29-17-41-23-42-29)40(54)48(18-27-11-12-27)21-36(50)45-32(38(52)47-35(31)20-49)14-26-7-4-3-5-8-26/h3-10,13,15,17,23,27,31-32,34-35H,11-12,14,16,18-22H2,1-2H3,(H,41,42)(H,45,50)(H,46,51)(H,47,52)/t31-,32+,34+,35+/m1/s1. The number of likely N-dealkylation sites (tertiary alicyclic amines) is 1. The van der Waals surface area contributed by atoms with E-state index in [-0.39, 0.29) is 62.5 Å². The Morgan fingerprint density at radius 2 is 1.67 bits per heavy atom. The fourth-order valence-electron chi connectivity index (χ4n) is 7.30. The van der Waals surface area contributed by atoms with Crippen LogP contribution in [0.4, 0.5) is 0 Å². The van der Waals surface area contributed by atoms with Gasteiger partial charge in [-0.2, -0.15) is 0 Å². The van der Waals surface area contributed by atoms with E-state index in [9.17, 15) is 24.0 Å². The first-order valence-electron chi connectivity index (χ1n) is 18.6. The number of carbonyl (C=O) groups excluding carboxylic acids is 5. The number of aromatic nitrogens is 4. The lowest BCUT2D eigenvalue weighted by Gasteiger charge is -2.29. The summed E-state index contributed by atoms with van der Waals surface area (Å²) in [6.45, 7) is 3.62. The zero-order valence-corrected chi connectivity index (χ0v) is 30.9. The molecule has 0 spiro atoms. The van der Waals surface area contributed by atoms with E-state index in [0.29, 0.717) is 29.5 Å². The summed E-state index contributed by atoms with van der Waals surface area (Å²) in [7, 11) is 0. The molecule has 0 unspecified atom stereocenters. The third kappa shape index (κ3) is 9.52. The normalized spacial score (nSPS) is 22.4. The molecule has 7 rings (SSSR count). The summed E-state index contributed by atoms with van der Waals surface area (Å²) in [6, 6.07) is 15.6. The van der Waals surface area contributed by atoms with E-state index in [0.717, 1.165) is 24.0 Å². The molecule has 55 heavy (non-hydrogen) atoms. The minimum atomic E-state index is -1.01. The molecule has 2 fully saturated rings. The van der Waals surface area contributed by atoms with Crippen LogP contribution in [0.5, 0.6) is 5.75 Å². The number of benzene rings is 2. The van der Waals surface area contributed by atoms with Crippen LogP contribution in [0.2, 0.25) is 0 Å². The van der Waals surface area contributed by atoms with Crippen LogP contribution in [0.15, 0.2) is 73.2 Å². The second-order valence-electron chi connectivity index (χ2n) is 14.6. The summed E-state index contributed by atoms with van der Waals surface area (Å²) in [4.78, 5) is 88.5. The number of nitrogens with zero attached hydrogens (tertiary/aromatic N) is 5. The monoisotopic (exact) mass is 747 g/mol. The molecule has 4 heterocycles. The number of ether oxygens (including phenoxy) is 1. The van der Waals surface area contributed by atoms with Crippen molar-refractivity contribution >= 4 is 29.5 Å². The van der Waals surface area contributed by atoms with Gasteiger partial charge in [-0.15, -0.1) is 0 Å². The summed E-state index contributed by atoms with van der Waals surface area (Å²) in [5.41, 5.74) is 3.17. The summed E-state index contributed by atoms with van der Waals surface area (Å²) < 4.78 is 5.96. The molecule has 1 aliphatic carbocycles. The average molecular weight is 748 g/mol. The number of aryl methyl sites for hydroxylation is 2. The van der Waals surface area contributed by atoms with Gasteiger partial charge in [-0.25, -0.2) is 15.0 Å². The maximum Gasteiger partial charge on any atom is 0.272 e. The fraction of sp³-hybridized carbons (Fsp3) is 0.400. The molecule has 2 aliphatic heterocycles. The number of hydrogen-bond donors (Lipinski definition) is 4. The topological polar surface area (TPSA) is 192 Å². The number of aromatic amines is 1. The first-order chi connectivity index (χ1) is 26.6. The molecule has 0 radical (unpaired) electrons. The van der Waals surface area contributed by atoms with E-state index in [4.69, 9.17) is 4.74 Å². The first-order valence-corrected chi connectivity index (χ1v) is 18.6. The van der Waals surface area contributed by atoms with Crippen molar-refractivity contribution in [2.75, 3.05) is 32.8 Å². The zero-order valence-electron chi connectivity index (χ0n) is 30.9. The predicted molar refractivity (Wildman–Crippen MR) is 200 cm³/mol. The lowest BCUT2D eigenvalue weighted by atomic mass is 9.93. The minimum absolute atomic E-state index is 0.119. The van der Waals surface area contributed by atoms with Gasteiger partial charge in [-0.05, 0) is 61.9 Å². The van der Waals surface area contributed by atoms with E-state index in [1.54, 1.807) is 49.2 Å². The lowest BCUT2D eigenvalue weighted by molar-refractivity contribution is -0.140. The molecule has 2 aromatic carbocycles. The lowest BCUT2D eigenvalue weighted by Crippen LogP contribution is -2.56. The van der Waals surface area contributed by atoms with Crippen LogP contribution in [0, 0.1) is 19.8 Å². The molecule has 3 aliphatic rings. The first kappa shape index (κ1) is 37.2. The van der Waals surface area contributed by atoms with Crippen LogP contribution in [0.25, 0.3) is 0 Å². The number of amides is 5. The highest BCUT2D eigenvalue weighted by atomic mass is 16.5. The van der Waals surface area contributed by atoms with Gasteiger partial charge in [0.15, 0.2) is 6.61 Å². The summed E-state index contributed by atoms with van der Waals surface area (Å²) >= 11 is 0.